The molecule has 0 aromatic heterocycles. The highest BCUT2D eigenvalue weighted by Gasteiger charge is 2.36. The monoisotopic (exact) mass is 234 g/mol. The van der Waals surface area contributed by atoms with Gasteiger partial charge in [0.15, 0.2) is 0 Å². The minimum atomic E-state index is -2.36. The fraction of sp³-hybridized carbons (Fsp3) is 1.00. The number of hydrogen-bond donors (Lipinski definition) is 0. The van der Waals surface area contributed by atoms with Gasteiger partial charge in [0, 0.05) is 40.6 Å². The smallest absolute Gasteiger partial charge is 0.381 e. The van der Waals surface area contributed by atoms with Crippen LogP contribution in [0.4, 0.5) is 0 Å². The number of ether oxygens (including phenoxy) is 1. The molecule has 0 atom stereocenters. The van der Waals surface area contributed by atoms with E-state index in [0.717, 1.165) is 31.6 Å². The molecule has 1 rings (SSSR count). The third-order valence-corrected chi connectivity index (χ3v) is 5.59. The first-order chi connectivity index (χ1) is 7.26. The SMILES string of the molecule is CO[Si](CCCOCC1CC1)(OC)OC. The molecule has 0 unspecified atom stereocenters. The van der Waals surface area contributed by atoms with Gasteiger partial charge in [-0.05, 0) is 25.2 Å². The van der Waals surface area contributed by atoms with Gasteiger partial charge in [0.1, 0.15) is 0 Å². The average molecular weight is 234 g/mol. The van der Waals surface area contributed by atoms with E-state index >= 15 is 0 Å². The third kappa shape index (κ3) is 4.61. The maximum Gasteiger partial charge on any atom is 0.500 e. The molecule has 0 N–H and O–H groups in total. The van der Waals surface area contributed by atoms with Crippen molar-refractivity contribution in [3.8, 4) is 0 Å². The lowest BCUT2D eigenvalue weighted by Crippen LogP contribution is -2.42. The lowest BCUT2D eigenvalue weighted by molar-refractivity contribution is 0.103. The molecule has 0 aromatic rings. The number of hydrogen-bond acceptors (Lipinski definition) is 4. The van der Waals surface area contributed by atoms with Crippen LogP contribution in [0.5, 0.6) is 0 Å². The van der Waals surface area contributed by atoms with Gasteiger partial charge >= 0.3 is 8.80 Å². The van der Waals surface area contributed by atoms with E-state index < -0.39 is 8.80 Å². The highest BCUT2D eigenvalue weighted by Crippen LogP contribution is 2.28. The lowest BCUT2D eigenvalue weighted by Gasteiger charge is -2.24. The molecule has 1 aliphatic rings. The van der Waals surface area contributed by atoms with Gasteiger partial charge in [0.05, 0.1) is 0 Å². The fourth-order valence-electron chi connectivity index (χ4n) is 1.48. The second kappa shape index (κ2) is 6.60. The van der Waals surface area contributed by atoms with E-state index in [0.29, 0.717) is 0 Å². The van der Waals surface area contributed by atoms with Gasteiger partial charge in [-0.1, -0.05) is 0 Å². The first-order valence-electron chi connectivity index (χ1n) is 5.49. The molecular weight excluding hydrogens is 212 g/mol. The van der Waals surface area contributed by atoms with Gasteiger partial charge in [-0.3, -0.25) is 0 Å². The van der Waals surface area contributed by atoms with Crippen LogP contribution in [0, 0.1) is 5.92 Å². The molecule has 1 fully saturated rings. The molecule has 0 spiro atoms. The van der Waals surface area contributed by atoms with E-state index in [1.54, 1.807) is 21.3 Å². The van der Waals surface area contributed by atoms with Crippen LogP contribution in [0.1, 0.15) is 19.3 Å². The molecule has 15 heavy (non-hydrogen) atoms. The Bertz CT molecular complexity index is 161. The van der Waals surface area contributed by atoms with Crippen LogP contribution in [0.25, 0.3) is 0 Å². The van der Waals surface area contributed by atoms with E-state index in [9.17, 15) is 0 Å². The van der Waals surface area contributed by atoms with Gasteiger partial charge in [0.2, 0.25) is 0 Å². The van der Waals surface area contributed by atoms with Crippen molar-refractivity contribution in [2.45, 2.75) is 25.3 Å². The standard InChI is InChI=1S/C10H22O4Si/c1-11-15(12-2,13-3)8-4-7-14-9-10-5-6-10/h10H,4-9H2,1-3H3. The summed E-state index contributed by atoms with van der Waals surface area (Å²) in [6.45, 7) is 1.70. The van der Waals surface area contributed by atoms with E-state index in [1.165, 1.54) is 12.8 Å². The van der Waals surface area contributed by atoms with Gasteiger partial charge in [0.25, 0.3) is 0 Å². The fourth-order valence-corrected chi connectivity index (χ4v) is 3.17. The van der Waals surface area contributed by atoms with Crippen LogP contribution >= 0.6 is 0 Å². The van der Waals surface area contributed by atoms with Gasteiger partial charge in [-0.2, -0.15) is 0 Å². The molecule has 1 saturated carbocycles. The molecule has 1 aliphatic carbocycles. The quantitative estimate of drug-likeness (QED) is 0.449. The predicted octanol–water partition coefficient (Wildman–Crippen LogP) is 1.68. The minimum Gasteiger partial charge on any atom is -0.381 e. The highest BCUT2D eigenvalue weighted by atomic mass is 28.4. The maximum atomic E-state index is 5.54. The Morgan fingerprint density at radius 2 is 1.67 bits per heavy atom. The zero-order chi connectivity index (χ0) is 11.1. The summed E-state index contributed by atoms with van der Waals surface area (Å²) in [4.78, 5) is 0. The summed E-state index contributed by atoms with van der Waals surface area (Å²) in [6, 6.07) is 0.821. The van der Waals surface area contributed by atoms with Crippen LogP contribution < -0.4 is 0 Å². The van der Waals surface area contributed by atoms with Crippen LogP contribution in [-0.4, -0.2) is 43.3 Å². The van der Waals surface area contributed by atoms with Gasteiger partial charge in [-0.15, -0.1) is 0 Å². The zero-order valence-corrected chi connectivity index (χ0v) is 11.0. The summed E-state index contributed by atoms with van der Waals surface area (Å²) in [6.07, 6.45) is 3.62. The first-order valence-corrected chi connectivity index (χ1v) is 7.42. The maximum absolute atomic E-state index is 5.54. The molecule has 90 valence electrons. The second-order valence-electron chi connectivity index (χ2n) is 3.92. The lowest BCUT2D eigenvalue weighted by atomic mass is 10.4. The molecule has 0 amide bonds. The molecule has 0 bridgehead atoms. The van der Waals surface area contributed by atoms with Crippen molar-refractivity contribution >= 4 is 8.80 Å². The topological polar surface area (TPSA) is 36.9 Å². The minimum absolute atomic E-state index is 0.779. The van der Waals surface area contributed by atoms with Crippen LogP contribution in [0.15, 0.2) is 0 Å². The Balaban J connectivity index is 2.04. The summed E-state index contributed by atoms with van der Waals surface area (Å²) >= 11 is 0. The summed E-state index contributed by atoms with van der Waals surface area (Å²) in [7, 11) is 2.57. The summed E-state index contributed by atoms with van der Waals surface area (Å²) < 4.78 is 21.5. The summed E-state index contributed by atoms with van der Waals surface area (Å²) in [5.74, 6) is 0.833. The van der Waals surface area contributed by atoms with E-state index in [-0.39, 0.29) is 0 Å². The molecule has 0 radical (unpaired) electrons. The third-order valence-electron chi connectivity index (χ3n) is 2.76. The predicted molar refractivity (Wildman–Crippen MR) is 59.7 cm³/mol. The molecule has 4 nitrogen and oxygen atoms in total. The van der Waals surface area contributed by atoms with Crippen LogP contribution in [0.3, 0.4) is 0 Å². The van der Waals surface area contributed by atoms with Crippen molar-refractivity contribution in [2.24, 2.45) is 5.92 Å². The summed E-state index contributed by atoms with van der Waals surface area (Å²) in [5, 5.41) is 0. The summed E-state index contributed by atoms with van der Waals surface area (Å²) in [5.41, 5.74) is 0. The van der Waals surface area contributed by atoms with Crippen molar-refractivity contribution < 1.29 is 18.0 Å². The molecule has 0 saturated heterocycles. The molecule has 5 heteroatoms. The molecule has 0 heterocycles. The normalized spacial score (nSPS) is 17.0. The van der Waals surface area contributed by atoms with E-state index in [2.05, 4.69) is 0 Å². The van der Waals surface area contributed by atoms with Crippen LogP contribution in [0.2, 0.25) is 6.04 Å². The van der Waals surface area contributed by atoms with Gasteiger partial charge < -0.3 is 18.0 Å². The van der Waals surface area contributed by atoms with Crippen LogP contribution in [-0.2, 0) is 18.0 Å². The van der Waals surface area contributed by atoms with Crippen molar-refractivity contribution in [3.63, 3.8) is 0 Å². The Kier molecular flexibility index (Phi) is 5.77. The highest BCUT2D eigenvalue weighted by molar-refractivity contribution is 6.60. The number of rotatable bonds is 9. The largest absolute Gasteiger partial charge is 0.500 e. The van der Waals surface area contributed by atoms with Crippen molar-refractivity contribution in [1.29, 1.82) is 0 Å². The molecule has 0 aromatic carbocycles. The molecule has 0 aliphatic heterocycles. The van der Waals surface area contributed by atoms with E-state index in [1.807, 2.05) is 0 Å². The zero-order valence-electron chi connectivity index (χ0n) is 9.95. The Labute approximate surface area is 93.2 Å². The average Bonchev–Trinajstić information content (AvgIpc) is 3.08. The van der Waals surface area contributed by atoms with E-state index in [4.69, 9.17) is 18.0 Å². The Morgan fingerprint density at radius 1 is 1.07 bits per heavy atom. The first kappa shape index (κ1) is 13.1. The van der Waals surface area contributed by atoms with Gasteiger partial charge in [-0.25, -0.2) is 0 Å². The Hall–Kier alpha value is 0.0569. The Morgan fingerprint density at radius 3 is 2.13 bits per heavy atom. The molecular formula is C10H22O4Si. The van der Waals surface area contributed by atoms with Crippen molar-refractivity contribution in [2.75, 3.05) is 34.5 Å². The van der Waals surface area contributed by atoms with Crippen molar-refractivity contribution in [3.05, 3.63) is 0 Å². The van der Waals surface area contributed by atoms with Crippen molar-refractivity contribution in [1.82, 2.24) is 0 Å². The second-order valence-corrected chi connectivity index (χ2v) is 7.01.